The van der Waals surface area contributed by atoms with E-state index in [1.165, 1.54) is 23.5 Å². The van der Waals surface area contributed by atoms with Gasteiger partial charge < -0.3 is 9.64 Å². The standard InChI is InChI=1S/C19H23FN2O4S2/c1-26-8-3-7-22(17-6-9-28(24,25)13-17)18(23)11-16-12-27-19(21-16)14-4-2-5-15(20)10-14/h2,4-5,10,12,17H,3,6-9,11,13H2,1H3. The average molecular weight is 427 g/mol. The Morgan fingerprint density at radius 1 is 1.43 bits per heavy atom. The Morgan fingerprint density at radius 2 is 2.25 bits per heavy atom. The lowest BCUT2D eigenvalue weighted by Gasteiger charge is -2.28. The highest BCUT2D eigenvalue weighted by molar-refractivity contribution is 7.91. The second-order valence-electron chi connectivity index (χ2n) is 6.82. The maximum absolute atomic E-state index is 13.4. The first kappa shape index (κ1) is 20.9. The van der Waals surface area contributed by atoms with Crippen LogP contribution >= 0.6 is 11.3 Å². The lowest BCUT2D eigenvalue weighted by atomic mass is 10.1. The molecule has 1 fully saturated rings. The van der Waals surface area contributed by atoms with Gasteiger partial charge >= 0.3 is 0 Å². The van der Waals surface area contributed by atoms with E-state index in [0.717, 1.165) is 0 Å². The smallest absolute Gasteiger partial charge is 0.228 e. The molecule has 1 aromatic heterocycles. The van der Waals surface area contributed by atoms with Crippen LogP contribution in [-0.2, 0) is 25.8 Å². The Bertz CT molecular complexity index is 930. The molecule has 152 valence electrons. The van der Waals surface area contributed by atoms with Crippen LogP contribution in [0.15, 0.2) is 29.6 Å². The number of halogens is 1. The van der Waals surface area contributed by atoms with Crippen LogP contribution in [0, 0.1) is 5.82 Å². The topological polar surface area (TPSA) is 76.6 Å². The molecule has 9 heteroatoms. The zero-order chi connectivity index (χ0) is 20.1. The van der Waals surface area contributed by atoms with Gasteiger partial charge in [0.15, 0.2) is 9.84 Å². The van der Waals surface area contributed by atoms with Crippen LogP contribution in [0.2, 0.25) is 0 Å². The minimum Gasteiger partial charge on any atom is -0.385 e. The van der Waals surface area contributed by atoms with Gasteiger partial charge in [-0.3, -0.25) is 4.79 Å². The molecule has 6 nitrogen and oxygen atoms in total. The molecule has 1 atom stereocenters. The van der Waals surface area contributed by atoms with Gasteiger partial charge in [-0.1, -0.05) is 12.1 Å². The molecule has 28 heavy (non-hydrogen) atoms. The second-order valence-corrected chi connectivity index (χ2v) is 9.91. The normalized spacial score (nSPS) is 18.3. The summed E-state index contributed by atoms with van der Waals surface area (Å²) in [6, 6.07) is 5.87. The molecule has 0 bridgehead atoms. The van der Waals surface area contributed by atoms with Crippen molar-refractivity contribution in [1.82, 2.24) is 9.88 Å². The highest BCUT2D eigenvalue weighted by Gasteiger charge is 2.34. The van der Waals surface area contributed by atoms with Crippen molar-refractivity contribution in [2.75, 3.05) is 31.8 Å². The highest BCUT2D eigenvalue weighted by atomic mass is 32.2. The zero-order valence-corrected chi connectivity index (χ0v) is 17.3. The number of thiazole rings is 1. The summed E-state index contributed by atoms with van der Waals surface area (Å²) in [7, 11) is -1.50. The number of benzene rings is 1. The van der Waals surface area contributed by atoms with Crippen molar-refractivity contribution in [3.05, 3.63) is 41.2 Å². The Labute approximate surface area is 168 Å². The van der Waals surface area contributed by atoms with Crippen LogP contribution in [0.1, 0.15) is 18.5 Å². The van der Waals surface area contributed by atoms with E-state index in [-0.39, 0.29) is 35.7 Å². The van der Waals surface area contributed by atoms with Crippen LogP contribution in [0.4, 0.5) is 4.39 Å². The molecule has 0 saturated carbocycles. The van der Waals surface area contributed by atoms with E-state index in [0.29, 0.717) is 42.3 Å². The van der Waals surface area contributed by atoms with E-state index in [4.69, 9.17) is 4.74 Å². The first-order chi connectivity index (χ1) is 13.4. The molecule has 2 aromatic rings. The fourth-order valence-electron chi connectivity index (χ4n) is 3.31. The zero-order valence-electron chi connectivity index (χ0n) is 15.6. The Kier molecular flexibility index (Phi) is 6.79. The first-order valence-corrected chi connectivity index (χ1v) is 11.8. The van der Waals surface area contributed by atoms with Gasteiger partial charge in [-0.2, -0.15) is 0 Å². The van der Waals surface area contributed by atoms with Crippen LogP contribution in [0.5, 0.6) is 0 Å². The molecule has 1 saturated heterocycles. The highest BCUT2D eigenvalue weighted by Crippen LogP contribution is 2.25. The molecular weight excluding hydrogens is 403 g/mol. The molecule has 0 spiro atoms. The SMILES string of the molecule is COCCCN(C(=O)Cc1csc(-c2cccc(F)c2)n1)C1CCS(=O)(=O)C1. The quantitative estimate of drug-likeness (QED) is 0.607. The molecule has 1 aliphatic rings. The Morgan fingerprint density at radius 3 is 2.93 bits per heavy atom. The van der Waals surface area contributed by atoms with Gasteiger partial charge in [0.2, 0.25) is 5.91 Å². The number of ether oxygens (including phenoxy) is 1. The molecule has 0 N–H and O–H groups in total. The number of aromatic nitrogens is 1. The fraction of sp³-hybridized carbons (Fsp3) is 0.474. The third-order valence-electron chi connectivity index (χ3n) is 4.67. The number of rotatable bonds is 8. The fourth-order valence-corrected chi connectivity index (χ4v) is 5.86. The van der Waals surface area contributed by atoms with E-state index >= 15 is 0 Å². The number of carbonyl (C=O) groups is 1. The lowest BCUT2D eigenvalue weighted by Crippen LogP contribution is -2.43. The van der Waals surface area contributed by atoms with Crippen LogP contribution in [-0.4, -0.2) is 62.0 Å². The summed E-state index contributed by atoms with van der Waals surface area (Å²) >= 11 is 1.35. The van der Waals surface area contributed by atoms with Crippen molar-refractivity contribution in [2.24, 2.45) is 0 Å². The van der Waals surface area contributed by atoms with Crippen LogP contribution in [0.25, 0.3) is 10.6 Å². The summed E-state index contributed by atoms with van der Waals surface area (Å²) in [5, 5.41) is 2.44. The summed E-state index contributed by atoms with van der Waals surface area (Å²) < 4.78 is 42.2. The minimum atomic E-state index is -3.09. The maximum Gasteiger partial charge on any atom is 0.228 e. The molecule has 1 amide bonds. The van der Waals surface area contributed by atoms with Crippen molar-refractivity contribution in [1.29, 1.82) is 0 Å². The first-order valence-electron chi connectivity index (χ1n) is 9.07. The average Bonchev–Trinajstić information content (AvgIpc) is 3.25. The molecular formula is C19H23FN2O4S2. The third-order valence-corrected chi connectivity index (χ3v) is 7.36. The van der Waals surface area contributed by atoms with Gasteiger partial charge in [0.25, 0.3) is 0 Å². The summed E-state index contributed by atoms with van der Waals surface area (Å²) in [4.78, 5) is 19.0. The van der Waals surface area contributed by atoms with Crippen LogP contribution in [0.3, 0.4) is 0 Å². The second kappa shape index (κ2) is 9.11. The predicted molar refractivity (Wildman–Crippen MR) is 106 cm³/mol. The Balaban J connectivity index is 1.71. The summed E-state index contributed by atoms with van der Waals surface area (Å²) in [6.45, 7) is 0.956. The van der Waals surface area contributed by atoms with E-state index in [1.54, 1.807) is 29.5 Å². The number of hydrogen-bond acceptors (Lipinski definition) is 6. The van der Waals surface area contributed by atoms with Crippen molar-refractivity contribution in [3.63, 3.8) is 0 Å². The van der Waals surface area contributed by atoms with Gasteiger partial charge in [0.05, 0.1) is 23.6 Å². The molecule has 0 aliphatic carbocycles. The third kappa shape index (κ3) is 5.36. The van der Waals surface area contributed by atoms with Gasteiger partial charge in [-0.05, 0) is 25.0 Å². The summed E-state index contributed by atoms with van der Waals surface area (Å²) in [5.74, 6) is -0.352. The largest absolute Gasteiger partial charge is 0.385 e. The van der Waals surface area contributed by atoms with Crippen molar-refractivity contribution >= 4 is 27.1 Å². The number of carbonyl (C=O) groups excluding carboxylic acids is 1. The minimum absolute atomic E-state index is 0.0112. The van der Waals surface area contributed by atoms with Gasteiger partial charge in [0.1, 0.15) is 10.8 Å². The summed E-state index contributed by atoms with van der Waals surface area (Å²) in [5.41, 5.74) is 1.27. The molecule has 1 aromatic carbocycles. The molecule has 3 rings (SSSR count). The van der Waals surface area contributed by atoms with E-state index < -0.39 is 9.84 Å². The number of sulfone groups is 1. The molecule has 2 heterocycles. The maximum atomic E-state index is 13.4. The van der Waals surface area contributed by atoms with E-state index in [1.807, 2.05) is 0 Å². The molecule has 0 radical (unpaired) electrons. The predicted octanol–water partition coefficient (Wildman–Crippen LogP) is 2.54. The van der Waals surface area contributed by atoms with E-state index in [2.05, 4.69) is 4.98 Å². The molecule has 1 aliphatic heterocycles. The van der Waals surface area contributed by atoms with Gasteiger partial charge in [0, 0.05) is 37.2 Å². The van der Waals surface area contributed by atoms with Crippen molar-refractivity contribution in [2.45, 2.75) is 25.3 Å². The number of hydrogen-bond donors (Lipinski definition) is 0. The van der Waals surface area contributed by atoms with Crippen LogP contribution < -0.4 is 0 Å². The Hall–Kier alpha value is -1.84. The summed E-state index contributed by atoms with van der Waals surface area (Å²) in [6.07, 6.45) is 1.20. The van der Waals surface area contributed by atoms with Crippen molar-refractivity contribution < 1.29 is 22.3 Å². The van der Waals surface area contributed by atoms with E-state index in [9.17, 15) is 17.6 Å². The number of amides is 1. The number of nitrogens with zero attached hydrogens (tertiary/aromatic N) is 2. The molecule has 1 unspecified atom stereocenters. The lowest BCUT2D eigenvalue weighted by molar-refractivity contribution is -0.132. The monoisotopic (exact) mass is 426 g/mol. The van der Waals surface area contributed by atoms with Crippen molar-refractivity contribution in [3.8, 4) is 10.6 Å². The number of methoxy groups -OCH3 is 1. The van der Waals surface area contributed by atoms with Gasteiger partial charge in [-0.15, -0.1) is 11.3 Å². The van der Waals surface area contributed by atoms with Gasteiger partial charge in [-0.25, -0.2) is 17.8 Å².